The van der Waals surface area contributed by atoms with Gasteiger partial charge in [-0.05, 0) is 48.0 Å². The van der Waals surface area contributed by atoms with Crippen molar-refractivity contribution in [3.8, 4) is 0 Å². The zero-order valence-electron chi connectivity index (χ0n) is 16.2. The molecule has 154 valence electrons. The second kappa shape index (κ2) is 8.71. The Morgan fingerprint density at radius 2 is 1.77 bits per heavy atom. The van der Waals surface area contributed by atoms with E-state index in [1.54, 1.807) is 4.90 Å². The highest BCUT2D eigenvalue weighted by Gasteiger charge is 2.33. The molecule has 1 N–H and O–H groups in total. The van der Waals surface area contributed by atoms with Gasteiger partial charge < -0.3 is 14.8 Å². The van der Waals surface area contributed by atoms with Crippen LogP contribution in [0.2, 0.25) is 5.02 Å². The summed E-state index contributed by atoms with van der Waals surface area (Å²) in [6.45, 7) is 1.23. The molecular formula is C23H21ClFN3O2. The minimum atomic E-state index is -0.372. The quantitative estimate of drug-likeness (QED) is 0.648. The van der Waals surface area contributed by atoms with Gasteiger partial charge in [0, 0.05) is 48.5 Å². The minimum absolute atomic E-state index is 0.0446. The number of aromatic nitrogens is 1. The first-order chi connectivity index (χ1) is 14.5. The number of fused-ring (bicyclic) bond motifs is 1. The predicted molar refractivity (Wildman–Crippen MR) is 114 cm³/mol. The Bertz CT molecular complexity index is 1060. The van der Waals surface area contributed by atoms with Crippen LogP contribution in [0.1, 0.15) is 30.1 Å². The van der Waals surface area contributed by atoms with Crippen LogP contribution in [0.15, 0.2) is 66.9 Å². The number of carbonyl (C=O) groups excluding carboxylic acids is 2. The van der Waals surface area contributed by atoms with Crippen molar-refractivity contribution in [2.45, 2.75) is 25.4 Å². The number of hydrogen-bond acceptors (Lipinski definition) is 2. The van der Waals surface area contributed by atoms with Gasteiger partial charge in [0.05, 0.1) is 6.04 Å². The van der Waals surface area contributed by atoms with E-state index in [1.807, 2.05) is 42.6 Å². The predicted octanol–water partition coefficient (Wildman–Crippen LogP) is 4.63. The summed E-state index contributed by atoms with van der Waals surface area (Å²) in [6.07, 6.45) is 2.12. The van der Waals surface area contributed by atoms with Crippen LogP contribution in [-0.4, -0.2) is 27.8 Å². The molecule has 0 aliphatic carbocycles. The topological polar surface area (TPSA) is 54.3 Å². The van der Waals surface area contributed by atoms with E-state index < -0.39 is 0 Å². The Hall–Kier alpha value is -3.12. The van der Waals surface area contributed by atoms with Gasteiger partial charge in [-0.15, -0.1) is 0 Å². The SMILES string of the molecule is O=C(CCC(=O)N1CCn2cccc2C1c1ccccc1Cl)Nc1ccc(F)cc1. The van der Waals surface area contributed by atoms with E-state index in [0.717, 1.165) is 11.3 Å². The molecule has 0 fully saturated rings. The highest BCUT2D eigenvalue weighted by Crippen LogP contribution is 2.36. The fourth-order valence-electron chi connectivity index (χ4n) is 3.80. The molecule has 2 heterocycles. The molecule has 7 heteroatoms. The lowest BCUT2D eigenvalue weighted by Crippen LogP contribution is -2.42. The number of amides is 2. The Labute approximate surface area is 179 Å². The average molecular weight is 426 g/mol. The van der Waals surface area contributed by atoms with Gasteiger partial charge in [0.15, 0.2) is 0 Å². The van der Waals surface area contributed by atoms with Crippen LogP contribution in [0.5, 0.6) is 0 Å². The monoisotopic (exact) mass is 425 g/mol. The molecule has 2 amide bonds. The third-order valence-corrected chi connectivity index (χ3v) is 5.60. The average Bonchev–Trinajstić information content (AvgIpc) is 3.22. The molecular weight excluding hydrogens is 405 g/mol. The summed E-state index contributed by atoms with van der Waals surface area (Å²) in [4.78, 5) is 27.1. The Morgan fingerprint density at radius 1 is 1.00 bits per heavy atom. The van der Waals surface area contributed by atoms with Crippen LogP contribution in [0.25, 0.3) is 0 Å². The Balaban J connectivity index is 1.47. The summed E-state index contributed by atoms with van der Waals surface area (Å²) < 4.78 is 15.1. The number of anilines is 1. The standard InChI is InChI=1S/C23H21ClFN3O2/c24-19-5-2-1-4-18(19)23-20-6-3-13-27(20)14-15-28(23)22(30)12-11-21(29)26-17-9-7-16(25)8-10-17/h1-10,13,23H,11-12,14-15H2,(H,26,29). The van der Waals surface area contributed by atoms with Gasteiger partial charge in [-0.25, -0.2) is 4.39 Å². The van der Waals surface area contributed by atoms with Crippen molar-refractivity contribution in [1.29, 1.82) is 0 Å². The van der Waals surface area contributed by atoms with E-state index in [9.17, 15) is 14.0 Å². The number of hydrogen-bond donors (Lipinski definition) is 1. The number of benzene rings is 2. The fourth-order valence-corrected chi connectivity index (χ4v) is 4.04. The summed E-state index contributed by atoms with van der Waals surface area (Å²) >= 11 is 6.45. The minimum Gasteiger partial charge on any atom is -0.348 e. The summed E-state index contributed by atoms with van der Waals surface area (Å²) in [6, 6.07) is 16.7. The van der Waals surface area contributed by atoms with Crippen molar-refractivity contribution < 1.29 is 14.0 Å². The lowest BCUT2D eigenvalue weighted by molar-refractivity contribution is -0.135. The number of nitrogens with one attached hydrogen (secondary N) is 1. The van der Waals surface area contributed by atoms with Crippen molar-refractivity contribution in [2.75, 3.05) is 11.9 Å². The first-order valence-corrected chi connectivity index (χ1v) is 10.1. The maximum Gasteiger partial charge on any atom is 0.224 e. The van der Waals surface area contributed by atoms with Gasteiger partial charge >= 0.3 is 0 Å². The fraction of sp³-hybridized carbons (Fsp3) is 0.217. The van der Waals surface area contributed by atoms with Crippen molar-refractivity contribution in [1.82, 2.24) is 9.47 Å². The number of halogens is 2. The summed E-state index contributed by atoms with van der Waals surface area (Å²) in [5, 5.41) is 3.29. The molecule has 1 atom stereocenters. The molecule has 0 saturated heterocycles. The molecule has 4 rings (SSSR count). The third kappa shape index (κ3) is 4.24. The van der Waals surface area contributed by atoms with E-state index in [2.05, 4.69) is 9.88 Å². The molecule has 1 unspecified atom stereocenters. The second-order valence-electron chi connectivity index (χ2n) is 7.19. The maximum atomic E-state index is 13.1. The zero-order valence-corrected chi connectivity index (χ0v) is 17.0. The van der Waals surface area contributed by atoms with E-state index in [-0.39, 0.29) is 36.5 Å². The third-order valence-electron chi connectivity index (χ3n) is 5.25. The normalized spacial score (nSPS) is 15.5. The Morgan fingerprint density at radius 3 is 2.53 bits per heavy atom. The molecule has 0 spiro atoms. The van der Waals surface area contributed by atoms with Crippen LogP contribution >= 0.6 is 11.6 Å². The molecule has 5 nitrogen and oxygen atoms in total. The molecule has 0 bridgehead atoms. The number of carbonyl (C=O) groups is 2. The number of rotatable bonds is 5. The maximum absolute atomic E-state index is 13.1. The highest BCUT2D eigenvalue weighted by atomic mass is 35.5. The van der Waals surface area contributed by atoms with Gasteiger partial charge in [0.2, 0.25) is 11.8 Å². The molecule has 2 aromatic carbocycles. The van der Waals surface area contributed by atoms with Gasteiger partial charge in [0.25, 0.3) is 0 Å². The number of nitrogens with zero attached hydrogens (tertiary/aromatic N) is 2. The van der Waals surface area contributed by atoms with Crippen molar-refractivity contribution in [3.63, 3.8) is 0 Å². The molecule has 1 aromatic heterocycles. The van der Waals surface area contributed by atoms with Crippen LogP contribution in [0.4, 0.5) is 10.1 Å². The van der Waals surface area contributed by atoms with E-state index >= 15 is 0 Å². The van der Waals surface area contributed by atoms with Gasteiger partial charge in [0.1, 0.15) is 5.82 Å². The first kappa shape index (κ1) is 20.2. The molecule has 1 aliphatic rings. The van der Waals surface area contributed by atoms with Crippen LogP contribution < -0.4 is 5.32 Å². The summed E-state index contributed by atoms with van der Waals surface area (Å²) in [7, 11) is 0. The zero-order chi connectivity index (χ0) is 21.1. The highest BCUT2D eigenvalue weighted by molar-refractivity contribution is 6.31. The lowest BCUT2D eigenvalue weighted by atomic mass is 9.99. The first-order valence-electron chi connectivity index (χ1n) is 9.77. The van der Waals surface area contributed by atoms with E-state index in [0.29, 0.717) is 23.8 Å². The molecule has 1 aliphatic heterocycles. The van der Waals surface area contributed by atoms with Gasteiger partial charge in [-0.1, -0.05) is 29.8 Å². The molecule has 3 aromatic rings. The largest absolute Gasteiger partial charge is 0.348 e. The van der Waals surface area contributed by atoms with Crippen molar-refractivity contribution in [2.24, 2.45) is 0 Å². The smallest absolute Gasteiger partial charge is 0.224 e. The molecule has 30 heavy (non-hydrogen) atoms. The second-order valence-corrected chi connectivity index (χ2v) is 7.60. The van der Waals surface area contributed by atoms with Crippen LogP contribution in [-0.2, 0) is 16.1 Å². The summed E-state index contributed by atoms with van der Waals surface area (Å²) in [5.74, 6) is -0.769. The van der Waals surface area contributed by atoms with Crippen LogP contribution in [0, 0.1) is 5.82 Å². The molecule has 0 radical (unpaired) electrons. The lowest BCUT2D eigenvalue weighted by Gasteiger charge is -2.37. The van der Waals surface area contributed by atoms with Crippen molar-refractivity contribution >= 4 is 29.1 Å². The van der Waals surface area contributed by atoms with Crippen LogP contribution in [0.3, 0.4) is 0 Å². The van der Waals surface area contributed by atoms with E-state index in [1.165, 1.54) is 24.3 Å². The summed E-state index contributed by atoms with van der Waals surface area (Å²) in [5.41, 5.74) is 2.36. The van der Waals surface area contributed by atoms with Crippen molar-refractivity contribution in [3.05, 3.63) is 89.0 Å². The molecule has 0 saturated carbocycles. The Kier molecular flexibility index (Phi) is 5.86. The van der Waals surface area contributed by atoms with Gasteiger partial charge in [-0.2, -0.15) is 0 Å². The van der Waals surface area contributed by atoms with E-state index in [4.69, 9.17) is 11.6 Å². The van der Waals surface area contributed by atoms with Gasteiger partial charge in [-0.3, -0.25) is 9.59 Å².